The molecule has 0 saturated carbocycles. The van der Waals surface area contributed by atoms with E-state index >= 15 is 0 Å². The van der Waals surface area contributed by atoms with E-state index in [0.717, 1.165) is 19.4 Å². The van der Waals surface area contributed by atoms with Gasteiger partial charge >= 0.3 is 0 Å². The molecule has 0 aromatic carbocycles. The molecule has 0 aromatic heterocycles. The van der Waals surface area contributed by atoms with E-state index in [4.69, 9.17) is 4.74 Å². The summed E-state index contributed by atoms with van der Waals surface area (Å²) in [5, 5.41) is 2.68. The summed E-state index contributed by atoms with van der Waals surface area (Å²) in [6.45, 7) is 7.65. The van der Waals surface area contributed by atoms with Gasteiger partial charge in [0.05, 0.1) is 6.54 Å². The first-order chi connectivity index (χ1) is 7.97. The number of carbonyl (C=O) groups is 2. The van der Waals surface area contributed by atoms with Crippen molar-refractivity contribution in [2.24, 2.45) is 0 Å². The van der Waals surface area contributed by atoms with Crippen molar-refractivity contribution in [3.63, 3.8) is 0 Å². The van der Waals surface area contributed by atoms with Crippen molar-refractivity contribution in [2.45, 2.75) is 39.2 Å². The zero-order chi connectivity index (χ0) is 12.9. The number of piperazine rings is 1. The molecule has 98 valence electrons. The van der Waals surface area contributed by atoms with E-state index in [9.17, 15) is 9.59 Å². The minimum absolute atomic E-state index is 0.0207. The number of ether oxygens (including phenoxy) is 1. The van der Waals surface area contributed by atoms with E-state index in [1.54, 1.807) is 18.7 Å². The molecule has 0 bridgehead atoms. The van der Waals surface area contributed by atoms with E-state index < -0.39 is 5.54 Å². The molecule has 1 aliphatic heterocycles. The summed E-state index contributed by atoms with van der Waals surface area (Å²) in [4.78, 5) is 25.0. The van der Waals surface area contributed by atoms with Crippen molar-refractivity contribution < 1.29 is 14.3 Å². The Morgan fingerprint density at radius 3 is 2.71 bits per heavy atom. The van der Waals surface area contributed by atoms with E-state index in [-0.39, 0.29) is 18.4 Å². The monoisotopic (exact) mass is 242 g/mol. The normalized spacial score (nSPS) is 19.4. The summed E-state index contributed by atoms with van der Waals surface area (Å²) < 4.78 is 5.35. The zero-order valence-corrected chi connectivity index (χ0v) is 10.9. The highest BCUT2D eigenvalue weighted by Gasteiger charge is 2.38. The second-order valence-corrected chi connectivity index (χ2v) is 4.87. The highest BCUT2D eigenvalue weighted by atomic mass is 16.5. The Kier molecular flexibility index (Phi) is 4.93. The summed E-state index contributed by atoms with van der Waals surface area (Å²) in [5.41, 5.74) is -0.778. The lowest BCUT2D eigenvalue weighted by molar-refractivity contribution is -0.148. The molecule has 5 nitrogen and oxygen atoms in total. The molecule has 17 heavy (non-hydrogen) atoms. The van der Waals surface area contributed by atoms with Crippen LogP contribution >= 0.6 is 0 Å². The van der Waals surface area contributed by atoms with E-state index in [2.05, 4.69) is 12.2 Å². The Morgan fingerprint density at radius 2 is 2.06 bits per heavy atom. The number of nitrogens with one attached hydrogen (secondary N) is 1. The van der Waals surface area contributed by atoms with Crippen molar-refractivity contribution in [1.29, 1.82) is 0 Å². The van der Waals surface area contributed by atoms with E-state index in [0.29, 0.717) is 13.2 Å². The van der Waals surface area contributed by atoms with Crippen LogP contribution in [0.5, 0.6) is 0 Å². The van der Waals surface area contributed by atoms with Crippen molar-refractivity contribution in [3.05, 3.63) is 0 Å². The third-order valence-electron chi connectivity index (χ3n) is 2.67. The fraction of sp³-hybridized carbons (Fsp3) is 0.833. The van der Waals surface area contributed by atoms with Crippen molar-refractivity contribution in [1.82, 2.24) is 10.2 Å². The largest absolute Gasteiger partial charge is 0.381 e. The van der Waals surface area contributed by atoms with Gasteiger partial charge in [-0.25, -0.2) is 0 Å². The molecule has 1 rings (SSSR count). The molecule has 0 radical (unpaired) electrons. The molecule has 1 N–H and O–H groups in total. The first-order valence-electron chi connectivity index (χ1n) is 6.15. The van der Waals surface area contributed by atoms with Gasteiger partial charge in [0.15, 0.2) is 0 Å². The highest BCUT2D eigenvalue weighted by Crippen LogP contribution is 2.13. The van der Waals surface area contributed by atoms with Crippen LogP contribution in [0, 0.1) is 0 Å². The smallest absolute Gasteiger partial charge is 0.248 e. The van der Waals surface area contributed by atoms with Crippen LogP contribution in [-0.2, 0) is 14.3 Å². The van der Waals surface area contributed by atoms with Crippen LogP contribution in [0.3, 0.4) is 0 Å². The highest BCUT2D eigenvalue weighted by molar-refractivity contribution is 5.97. The minimum atomic E-state index is -0.778. The molecule has 0 aromatic rings. The molecule has 0 atom stereocenters. The standard InChI is InChI=1S/C12H22N2O3/c1-4-7-17-8-5-6-14-9-10(15)13-12(2,3)11(14)16/h4-9H2,1-3H3,(H,13,15). The zero-order valence-electron chi connectivity index (χ0n) is 10.9. The maximum atomic E-state index is 12.0. The predicted octanol–water partition coefficient (Wildman–Crippen LogP) is 0.540. The summed E-state index contributed by atoms with van der Waals surface area (Å²) in [6, 6.07) is 0. The van der Waals surface area contributed by atoms with Gasteiger partial charge in [-0.15, -0.1) is 0 Å². The van der Waals surface area contributed by atoms with Crippen molar-refractivity contribution in [3.8, 4) is 0 Å². The van der Waals surface area contributed by atoms with Gasteiger partial charge in [-0.1, -0.05) is 6.92 Å². The number of carbonyl (C=O) groups excluding carboxylic acids is 2. The molecule has 1 heterocycles. The van der Waals surface area contributed by atoms with Crippen molar-refractivity contribution >= 4 is 11.8 Å². The SMILES string of the molecule is CCCOCCCN1CC(=O)NC(C)(C)C1=O. The molecule has 0 aliphatic carbocycles. The first-order valence-corrected chi connectivity index (χ1v) is 6.15. The van der Waals surface area contributed by atoms with Gasteiger partial charge in [0.2, 0.25) is 11.8 Å². The number of nitrogens with zero attached hydrogens (tertiary/aromatic N) is 1. The van der Waals surface area contributed by atoms with Gasteiger partial charge in [-0.3, -0.25) is 9.59 Å². The average molecular weight is 242 g/mol. The Labute approximate surface area is 102 Å². The van der Waals surface area contributed by atoms with Gasteiger partial charge in [-0.05, 0) is 26.7 Å². The average Bonchev–Trinajstić information content (AvgIpc) is 2.24. The van der Waals surface area contributed by atoms with Gasteiger partial charge in [0.25, 0.3) is 0 Å². The Balaban J connectivity index is 2.36. The Morgan fingerprint density at radius 1 is 1.35 bits per heavy atom. The topological polar surface area (TPSA) is 58.6 Å². The summed E-state index contributed by atoms with van der Waals surface area (Å²) >= 11 is 0. The number of rotatable bonds is 6. The van der Waals surface area contributed by atoms with Gasteiger partial charge in [-0.2, -0.15) is 0 Å². The molecule has 0 spiro atoms. The Bertz CT molecular complexity index is 289. The van der Waals surface area contributed by atoms with E-state index in [1.807, 2.05) is 0 Å². The summed E-state index contributed by atoms with van der Waals surface area (Å²) in [6.07, 6.45) is 1.77. The number of hydrogen-bond acceptors (Lipinski definition) is 3. The van der Waals surface area contributed by atoms with Crippen LogP contribution in [0.2, 0.25) is 0 Å². The Hall–Kier alpha value is -1.10. The second kappa shape index (κ2) is 6.00. The fourth-order valence-electron chi connectivity index (χ4n) is 1.87. The third-order valence-corrected chi connectivity index (χ3v) is 2.67. The number of amides is 2. The summed E-state index contributed by atoms with van der Waals surface area (Å²) in [7, 11) is 0. The molecular weight excluding hydrogens is 220 g/mol. The lowest BCUT2D eigenvalue weighted by Crippen LogP contribution is -2.63. The molecule has 1 saturated heterocycles. The van der Waals surface area contributed by atoms with Gasteiger partial charge in [0, 0.05) is 19.8 Å². The maximum Gasteiger partial charge on any atom is 0.248 e. The summed E-state index contributed by atoms with van der Waals surface area (Å²) in [5.74, 6) is -0.114. The molecule has 1 aliphatic rings. The maximum absolute atomic E-state index is 12.0. The van der Waals surface area contributed by atoms with Crippen molar-refractivity contribution in [2.75, 3.05) is 26.3 Å². The van der Waals surface area contributed by atoms with Gasteiger partial charge in [0.1, 0.15) is 5.54 Å². The van der Waals surface area contributed by atoms with Crippen LogP contribution in [0.25, 0.3) is 0 Å². The lowest BCUT2D eigenvalue weighted by Gasteiger charge is -2.37. The van der Waals surface area contributed by atoms with Gasteiger partial charge < -0.3 is 15.0 Å². The molecule has 0 unspecified atom stereocenters. The van der Waals surface area contributed by atoms with Crippen LogP contribution in [0.15, 0.2) is 0 Å². The molecule has 5 heteroatoms. The van der Waals surface area contributed by atoms with E-state index in [1.165, 1.54) is 0 Å². The molecule has 1 fully saturated rings. The molecular formula is C12H22N2O3. The minimum Gasteiger partial charge on any atom is -0.381 e. The lowest BCUT2D eigenvalue weighted by atomic mass is 10.0. The van der Waals surface area contributed by atoms with Crippen LogP contribution in [-0.4, -0.2) is 48.6 Å². The van der Waals surface area contributed by atoms with Crippen LogP contribution in [0.4, 0.5) is 0 Å². The van der Waals surface area contributed by atoms with Crippen LogP contribution < -0.4 is 5.32 Å². The fourth-order valence-corrected chi connectivity index (χ4v) is 1.87. The first kappa shape index (κ1) is 14.0. The quantitative estimate of drug-likeness (QED) is 0.692. The predicted molar refractivity (Wildman–Crippen MR) is 64.5 cm³/mol. The van der Waals surface area contributed by atoms with Crippen LogP contribution in [0.1, 0.15) is 33.6 Å². The third kappa shape index (κ3) is 4.00. The second-order valence-electron chi connectivity index (χ2n) is 4.87. The molecule has 2 amide bonds. The number of hydrogen-bond donors (Lipinski definition) is 1.